The van der Waals surface area contributed by atoms with Gasteiger partial charge in [-0.3, -0.25) is 20.2 Å². The third-order valence-corrected chi connectivity index (χ3v) is 5.54. The van der Waals surface area contributed by atoms with Crippen LogP contribution in [0.2, 0.25) is 0 Å². The predicted molar refractivity (Wildman–Crippen MR) is 99.5 cm³/mol. The molecule has 9 nitrogen and oxygen atoms in total. The molecule has 136 valence electrons. The van der Waals surface area contributed by atoms with Gasteiger partial charge in [-0.1, -0.05) is 33.1 Å². The Morgan fingerprint density at radius 1 is 1.04 bits per heavy atom. The Balaban J connectivity index is 2.56. The van der Waals surface area contributed by atoms with Crippen molar-refractivity contribution in [3.05, 3.63) is 29.2 Å². The van der Waals surface area contributed by atoms with Crippen LogP contribution in [0.15, 0.2) is 8.95 Å². The van der Waals surface area contributed by atoms with E-state index in [1.165, 1.54) is 4.80 Å². The highest BCUT2D eigenvalue weighted by molar-refractivity contribution is 9.11. The molecule has 0 bridgehead atoms. The molecule has 0 N–H and O–H groups in total. The summed E-state index contributed by atoms with van der Waals surface area (Å²) in [5.74, 6) is 0.379. The molecule has 1 atom stereocenters. The summed E-state index contributed by atoms with van der Waals surface area (Å²) < 4.78 is -0.0643. The first-order valence-corrected chi connectivity index (χ1v) is 9.44. The minimum atomic E-state index is -0.790. The highest BCUT2D eigenvalue weighted by atomic mass is 79.9. The summed E-state index contributed by atoms with van der Waals surface area (Å²) in [5.41, 5.74) is -0.798. The molecule has 0 aliphatic carbocycles. The van der Waals surface area contributed by atoms with Crippen molar-refractivity contribution in [2.45, 2.75) is 46.1 Å². The number of nitro groups is 2. The van der Waals surface area contributed by atoms with Crippen molar-refractivity contribution >= 4 is 54.3 Å². The van der Waals surface area contributed by atoms with Crippen molar-refractivity contribution < 1.29 is 9.85 Å². The van der Waals surface area contributed by atoms with Crippen LogP contribution in [-0.4, -0.2) is 24.8 Å². The largest absolute Gasteiger partial charge is 0.363 e. The lowest BCUT2D eigenvalue weighted by Gasteiger charge is -2.12. The molecule has 1 unspecified atom stereocenters. The van der Waals surface area contributed by atoms with Crippen molar-refractivity contribution in [3.8, 4) is 0 Å². The molecule has 0 fully saturated rings. The first-order valence-electron chi connectivity index (χ1n) is 7.86. The molecule has 0 radical (unpaired) electrons. The molecule has 2 aromatic rings. The molecule has 0 amide bonds. The fourth-order valence-corrected chi connectivity index (χ4v) is 3.84. The van der Waals surface area contributed by atoms with E-state index in [2.05, 4.69) is 55.9 Å². The van der Waals surface area contributed by atoms with Crippen LogP contribution in [0.4, 0.5) is 11.4 Å². The maximum atomic E-state index is 11.3. The summed E-state index contributed by atoms with van der Waals surface area (Å²) >= 11 is 6.18. The zero-order valence-electron chi connectivity index (χ0n) is 13.7. The average molecular weight is 479 g/mol. The molecule has 11 heteroatoms. The number of aromatic nitrogens is 3. The fourth-order valence-electron chi connectivity index (χ4n) is 2.64. The van der Waals surface area contributed by atoms with Crippen molar-refractivity contribution in [2.24, 2.45) is 5.92 Å². The number of fused-ring (bicyclic) bond motifs is 1. The highest BCUT2D eigenvalue weighted by Crippen LogP contribution is 2.45. The van der Waals surface area contributed by atoms with E-state index >= 15 is 0 Å². The first kappa shape index (κ1) is 19.7. The average Bonchev–Trinajstić information content (AvgIpc) is 2.98. The number of halogens is 2. The van der Waals surface area contributed by atoms with E-state index in [-0.39, 0.29) is 20.0 Å². The standard InChI is InChI=1S/C14H17Br2N5O4/c1-3-5-6-8(4-2)7-19-17-11-9(15)13(20(22)23)14(21(24)25)10(16)12(11)18-19/h8H,3-7H2,1-2H3. The number of rotatable bonds is 8. The van der Waals surface area contributed by atoms with E-state index in [1.807, 2.05) is 0 Å². The lowest BCUT2D eigenvalue weighted by molar-refractivity contribution is -0.423. The van der Waals surface area contributed by atoms with Gasteiger partial charge in [-0.05, 0) is 44.2 Å². The molecule has 1 heterocycles. The summed E-state index contributed by atoms with van der Waals surface area (Å²) in [6.45, 7) is 4.77. The first-order chi connectivity index (χ1) is 11.8. The summed E-state index contributed by atoms with van der Waals surface area (Å²) in [5, 5.41) is 31.2. The second-order valence-corrected chi connectivity index (χ2v) is 7.29. The zero-order chi connectivity index (χ0) is 18.7. The van der Waals surface area contributed by atoms with Gasteiger partial charge in [0.25, 0.3) is 0 Å². The van der Waals surface area contributed by atoms with Gasteiger partial charge in [0.05, 0.1) is 16.4 Å². The number of hydrogen-bond donors (Lipinski definition) is 0. The Bertz CT molecular complexity index is 766. The van der Waals surface area contributed by atoms with Crippen molar-refractivity contribution in [1.29, 1.82) is 0 Å². The van der Waals surface area contributed by atoms with Crippen molar-refractivity contribution in [2.75, 3.05) is 0 Å². The van der Waals surface area contributed by atoms with Gasteiger partial charge in [0.15, 0.2) is 0 Å². The van der Waals surface area contributed by atoms with Crippen LogP contribution >= 0.6 is 31.9 Å². The van der Waals surface area contributed by atoms with Gasteiger partial charge in [-0.25, -0.2) is 0 Å². The number of nitrogens with zero attached hydrogens (tertiary/aromatic N) is 5. The van der Waals surface area contributed by atoms with E-state index in [1.54, 1.807) is 0 Å². The third kappa shape index (κ3) is 3.97. The molecule has 0 aliphatic rings. The van der Waals surface area contributed by atoms with E-state index in [9.17, 15) is 20.2 Å². The minimum Gasteiger partial charge on any atom is -0.258 e. The smallest absolute Gasteiger partial charge is 0.258 e. The van der Waals surface area contributed by atoms with E-state index in [4.69, 9.17) is 0 Å². The quantitative estimate of drug-likeness (QED) is 0.389. The van der Waals surface area contributed by atoms with Gasteiger partial charge in [-0.2, -0.15) is 15.0 Å². The van der Waals surface area contributed by atoms with E-state index in [0.717, 1.165) is 25.7 Å². The fraction of sp³-hybridized carbons (Fsp3) is 0.571. The molecule has 1 aromatic heterocycles. The van der Waals surface area contributed by atoms with E-state index < -0.39 is 21.2 Å². The zero-order valence-corrected chi connectivity index (χ0v) is 16.9. The number of unbranched alkanes of at least 4 members (excludes halogenated alkanes) is 1. The minimum absolute atomic E-state index is 0.0322. The lowest BCUT2D eigenvalue weighted by atomic mass is 10.00. The molecule has 1 aromatic carbocycles. The summed E-state index contributed by atoms with van der Waals surface area (Å²) in [7, 11) is 0. The highest BCUT2D eigenvalue weighted by Gasteiger charge is 2.36. The Morgan fingerprint density at radius 2 is 1.52 bits per heavy atom. The SMILES string of the molecule is CCCCC(CC)Cn1nc2c(Br)c([N+](=O)[O-])c([N+](=O)[O-])c(Br)c2n1. The Morgan fingerprint density at radius 3 is 1.88 bits per heavy atom. The maximum Gasteiger partial charge on any atom is 0.363 e. The molecule has 2 rings (SSSR count). The van der Waals surface area contributed by atoms with Gasteiger partial charge >= 0.3 is 11.4 Å². The summed E-state index contributed by atoms with van der Waals surface area (Å²) in [4.78, 5) is 22.5. The Kier molecular flexibility index (Phi) is 6.44. The molecule has 0 saturated heterocycles. The summed E-state index contributed by atoms with van der Waals surface area (Å²) in [6.07, 6.45) is 4.19. The lowest BCUT2D eigenvalue weighted by Crippen LogP contribution is -2.12. The normalized spacial score (nSPS) is 12.5. The van der Waals surface area contributed by atoms with Gasteiger partial charge in [0, 0.05) is 0 Å². The molecule has 0 spiro atoms. The van der Waals surface area contributed by atoms with E-state index in [0.29, 0.717) is 12.5 Å². The molecular formula is C14H17Br2N5O4. The number of hydrogen-bond acceptors (Lipinski definition) is 6. The molecule has 25 heavy (non-hydrogen) atoms. The second-order valence-electron chi connectivity index (χ2n) is 5.71. The van der Waals surface area contributed by atoms with Gasteiger partial charge in [0.2, 0.25) is 0 Å². The summed E-state index contributed by atoms with van der Waals surface area (Å²) in [6, 6.07) is 0. The Labute approximate surface area is 160 Å². The number of nitro benzene ring substituents is 2. The van der Waals surface area contributed by atoms with Crippen molar-refractivity contribution in [1.82, 2.24) is 15.0 Å². The van der Waals surface area contributed by atoms with Gasteiger partial charge in [0.1, 0.15) is 20.0 Å². The van der Waals surface area contributed by atoms with Crippen LogP contribution in [0.5, 0.6) is 0 Å². The van der Waals surface area contributed by atoms with Crippen LogP contribution in [0, 0.1) is 26.1 Å². The molecule has 0 saturated carbocycles. The van der Waals surface area contributed by atoms with Gasteiger partial charge in [-0.15, -0.1) is 0 Å². The number of benzene rings is 1. The van der Waals surface area contributed by atoms with Crippen LogP contribution < -0.4 is 0 Å². The monoisotopic (exact) mass is 477 g/mol. The topological polar surface area (TPSA) is 117 Å². The Hall–Kier alpha value is -1.62. The second kappa shape index (κ2) is 8.17. The van der Waals surface area contributed by atoms with Gasteiger partial charge < -0.3 is 0 Å². The predicted octanol–water partition coefficient (Wildman–Crippen LogP) is 4.99. The molecule has 0 aliphatic heterocycles. The van der Waals surface area contributed by atoms with Crippen molar-refractivity contribution in [3.63, 3.8) is 0 Å². The van der Waals surface area contributed by atoms with Crippen LogP contribution in [0.3, 0.4) is 0 Å². The maximum absolute atomic E-state index is 11.3. The molecular weight excluding hydrogens is 462 g/mol. The van der Waals surface area contributed by atoms with Crippen LogP contribution in [0.25, 0.3) is 11.0 Å². The third-order valence-electron chi connectivity index (χ3n) is 4.04. The van der Waals surface area contributed by atoms with Crippen LogP contribution in [0.1, 0.15) is 39.5 Å². The van der Waals surface area contributed by atoms with Crippen LogP contribution in [-0.2, 0) is 6.54 Å².